The number of phenolic OH excluding ortho intramolecular Hbond substituents is 2. The highest BCUT2D eigenvalue weighted by Crippen LogP contribution is 2.36. The van der Waals surface area contributed by atoms with Crippen LogP contribution in [0.3, 0.4) is 0 Å². The van der Waals surface area contributed by atoms with Gasteiger partial charge in [0.05, 0.1) is 33.6 Å². The van der Waals surface area contributed by atoms with Gasteiger partial charge in [0, 0.05) is 21.5 Å². The molecule has 1 aliphatic carbocycles. The lowest BCUT2D eigenvalue weighted by atomic mass is 9.96. The molecule has 0 heterocycles. The van der Waals surface area contributed by atoms with Crippen molar-refractivity contribution in [3.8, 4) is 11.5 Å². The van der Waals surface area contributed by atoms with Crippen molar-refractivity contribution in [3.05, 3.63) is 88.3 Å². The largest absolute Gasteiger partial charge is 0.507 e. The molecular weight excluding hydrogens is 472 g/mol. The van der Waals surface area contributed by atoms with Gasteiger partial charge in [-0.1, -0.05) is 42.5 Å². The van der Waals surface area contributed by atoms with Gasteiger partial charge in [0.15, 0.2) is 0 Å². The molecule has 0 saturated carbocycles. The van der Waals surface area contributed by atoms with Gasteiger partial charge >= 0.3 is 5.97 Å². The predicted octanol–water partition coefficient (Wildman–Crippen LogP) is 4.66. The van der Waals surface area contributed by atoms with Gasteiger partial charge in [-0.05, 0) is 43.2 Å². The Morgan fingerprint density at radius 3 is 2.16 bits per heavy atom. The van der Waals surface area contributed by atoms with Crippen LogP contribution in [0.15, 0.2) is 71.8 Å². The minimum Gasteiger partial charge on any atom is -0.507 e. The third-order valence-corrected chi connectivity index (χ3v) is 6.33. The normalized spacial score (nSPS) is 12.4. The van der Waals surface area contributed by atoms with Gasteiger partial charge in [0.25, 0.3) is 5.91 Å². The molecule has 9 nitrogen and oxygen atoms in total. The number of carbonyl (C=O) groups excluding carboxylic acids is 1. The van der Waals surface area contributed by atoms with Crippen LogP contribution in [-0.4, -0.2) is 27.2 Å². The minimum absolute atomic E-state index is 0.0644. The molecule has 5 rings (SSSR count). The summed E-state index contributed by atoms with van der Waals surface area (Å²) in [6.07, 6.45) is 2.88. The molecular formula is C28H22N4O5. The molecule has 0 unspecified atom stereocenters. The number of fused-ring (bicyclic) bond motifs is 2. The van der Waals surface area contributed by atoms with Crippen molar-refractivity contribution in [2.75, 3.05) is 10.6 Å². The van der Waals surface area contributed by atoms with E-state index in [0.717, 1.165) is 0 Å². The van der Waals surface area contributed by atoms with Crippen molar-refractivity contribution in [1.82, 2.24) is 0 Å². The number of nitrogens with one attached hydrogen (secondary N) is 3. The zero-order valence-corrected chi connectivity index (χ0v) is 19.4. The van der Waals surface area contributed by atoms with Crippen LogP contribution >= 0.6 is 0 Å². The van der Waals surface area contributed by atoms with Crippen molar-refractivity contribution in [2.24, 2.45) is 5.11 Å². The Kier molecular flexibility index (Phi) is 6.02. The molecule has 37 heavy (non-hydrogen) atoms. The fraction of sp³-hybridized carbons (Fsp3) is 0.0714. The summed E-state index contributed by atoms with van der Waals surface area (Å²) in [4.78, 5) is 23.8. The number of para-hydroxylation sites is 2. The molecule has 0 aliphatic heterocycles. The number of carboxylic acids is 1. The lowest BCUT2D eigenvalue weighted by Gasteiger charge is -2.19. The van der Waals surface area contributed by atoms with Crippen LogP contribution in [0.25, 0.3) is 22.5 Å². The number of phenols is 2. The number of carbonyl (C=O) groups is 2. The standard InChI is InChI=1S/C28H22N4O5/c29-32-27(35)15-7-1-3-11-19(15)30-21-13-5-9-17-23(21)25(33)18-10-6-14-22(24(18)26(17)34)31-20-12-4-2-8-16(20)28(36)37/h1-5,7-13,29-31,33-34H,6,14H2,(H,36,37). The molecule has 1 amide bonds. The Balaban J connectivity index is 1.71. The maximum atomic E-state index is 12.1. The number of anilines is 3. The van der Waals surface area contributed by atoms with E-state index < -0.39 is 11.9 Å². The van der Waals surface area contributed by atoms with E-state index in [4.69, 9.17) is 5.53 Å². The van der Waals surface area contributed by atoms with E-state index in [1.807, 2.05) is 6.08 Å². The Bertz CT molecular complexity index is 1730. The van der Waals surface area contributed by atoms with Gasteiger partial charge in [-0.2, -0.15) is 0 Å². The molecule has 9 heteroatoms. The average Bonchev–Trinajstić information content (AvgIpc) is 2.91. The van der Waals surface area contributed by atoms with Crippen LogP contribution in [0.4, 0.5) is 17.1 Å². The quantitative estimate of drug-likeness (QED) is 0.168. The zero-order valence-electron chi connectivity index (χ0n) is 19.4. The first-order valence-electron chi connectivity index (χ1n) is 11.5. The summed E-state index contributed by atoms with van der Waals surface area (Å²) in [5.74, 6) is -1.92. The lowest BCUT2D eigenvalue weighted by molar-refractivity contribution is 0.0697. The number of hydrogen-bond acceptors (Lipinski definition) is 7. The van der Waals surface area contributed by atoms with Crippen LogP contribution in [0.1, 0.15) is 33.6 Å². The van der Waals surface area contributed by atoms with Crippen LogP contribution in [-0.2, 0) is 0 Å². The molecule has 1 aliphatic rings. The maximum Gasteiger partial charge on any atom is 0.337 e. The molecule has 184 valence electrons. The van der Waals surface area contributed by atoms with E-state index in [1.54, 1.807) is 60.7 Å². The molecule has 0 radical (unpaired) electrons. The van der Waals surface area contributed by atoms with Gasteiger partial charge in [0.1, 0.15) is 11.5 Å². The second-order valence-electron chi connectivity index (χ2n) is 8.50. The molecule has 6 N–H and O–H groups in total. The van der Waals surface area contributed by atoms with Gasteiger partial charge in [-0.25, -0.2) is 10.3 Å². The number of aromatic carboxylic acids is 1. The van der Waals surface area contributed by atoms with Crippen LogP contribution in [0.5, 0.6) is 11.5 Å². The van der Waals surface area contributed by atoms with Gasteiger partial charge < -0.3 is 26.0 Å². The summed E-state index contributed by atoms with van der Waals surface area (Å²) in [5, 5.41) is 43.2. The van der Waals surface area contributed by atoms with Crippen molar-refractivity contribution in [1.29, 1.82) is 5.53 Å². The van der Waals surface area contributed by atoms with Crippen molar-refractivity contribution < 1.29 is 24.9 Å². The maximum absolute atomic E-state index is 12.1. The summed E-state index contributed by atoms with van der Waals surface area (Å²) < 4.78 is 0. The van der Waals surface area contributed by atoms with E-state index >= 15 is 0 Å². The SMILES string of the molecule is N=NC(=O)c1ccccc1Nc1cccc2c(O)c3c(c(O)c12)=CCCC=3Nc1ccccc1C(=O)O. The highest BCUT2D eigenvalue weighted by Gasteiger charge is 2.20. The summed E-state index contributed by atoms with van der Waals surface area (Å²) in [5.41, 5.74) is 9.19. The second-order valence-corrected chi connectivity index (χ2v) is 8.50. The number of carboxylic acid groups (broad SMARTS) is 1. The number of rotatable bonds is 6. The summed E-state index contributed by atoms with van der Waals surface area (Å²) in [6.45, 7) is 0. The average molecular weight is 495 g/mol. The van der Waals surface area contributed by atoms with Gasteiger partial charge in [0.2, 0.25) is 0 Å². The van der Waals surface area contributed by atoms with E-state index in [2.05, 4.69) is 15.7 Å². The fourth-order valence-electron chi connectivity index (χ4n) is 4.66. The minimum atomic E-state index is -1.08. The first kappa shape index (κ1) is 23.6. The Morgan fingerprint density at radius 1 is 0.811 bits per heavy atom. The van der Waals surface area contributed by atoms with Crippen molar-refractivity contribution in [3.63, 3.8) is 0 Å². The first-order chi connectivity index (χ1) is 17.9. The van der Waals surface area contributed by atoms with Gasteiger partial charge in [-0.3, -0.25) is 4.79 Å². The number of hydrogen-bond donors (Lipinski definition) is 6. The highest BCUT2D eigenvalue weighted by atomic mass is 16.4. The second kappa shape index (κ2) is 9.46. The number of nitrogens with zero attached hydrogens (tertiary/aromatic N) is 1. The molecule has 0 bridgehead atoms. The first-order valence-corrected chi connectivity index (χ1v) is 11.5. The van der Waals surface area contributed by atoms with Gasteiger partial charge in [-0.15, -0.1) is 5.11 Å². The number of benzene rings is 4. The van der Waals surface area contributed by atoms with Crippen LogP contribution in [0, 0.1) is 5.53 Å². The van der Waals surface area contributed by atoms with E-state index in [0.29, 0.717) is 56.8 Å². The number of aromatic hydroxyl groups is 2. The third-order valence-electron chi connectivity index (χ3n) is 6.33. The Labute approximate surface area is 210 Å². The Hall–Kier alpha value is -5.18. The Morgan fingerprint density at radius 2 is 1.46 bits per heavy atom. The molecule has 0 spiro atoms. The molecule has 0 saturated heterocycles. The topological polar surface area (TPSA) is 155 Å². The summed E-state index contributed by atoms with van der Waals surface area (Å²) >= 11 is 0. The lowest BCUT2D eigenvalue weighted by Crippen LogP contribution is -2.33. The van der Waals surface area contributed by atoms with Crippen LogP contribution < -0.4 is 21.1 Å². The van der Waals surface area contributed by atoms with E-state index in [1.165, 1.54) is 6.07 Å². The van der Waals surface area contributed by atoms with Crippen molar-refractivity contribution in [2.45, 2.75) is 12.8 Å². The molecule has 4 aromatic carbocycles. The van der Waals surface area contributed by atoms with E-state index in [9.17, 15) is 24.9 Å². The van der Waals surface area contributed by atoms with E-state index in [-0.39, 0.29) is 22.6 Å². The summed E-state index contributed by atoms with van der Waals surface area (Å²) in [7, 11) is 0. The molecule has 4 aromatic rings. The monoisotopic (exact) mass is 494 g/mol. The van der Waals surface area contributed by atoms with Crippen LogP contribution in [0.2, 0.25) is 0 Å². The molecule has 0 fully saturated rings. The smallest absolute Gasteiger partial charge is 0.337 e. The highest BCUT2D eigenvalue weighted by molar-refractivity contribution is 6.06. The summed E-state index contributed by atoms with van der Waals surface area (Å²) in [6, 6.07) is 18.2. The molecule has 0 atom stereocenters. The van der Waals surface area contributed by atoms with Crippen molar-refractivity contribution >= 4 is 51.5 Å². The molecule has 0 aromatic heterocycles. The predicted molar refractivity (Wildman–Crippen MR) is 140 cm³/mol. The number of amides is 1. The zero-order chi connectivity index (χ0) is 26.1. The third kappa shape index (κ3) is 4.12. The fourth-order valence-corrected chi connectivity index (χ4v) is 4.66.